The molecule has 0 spiro atoms. The van der Waals surface area contributed by atoms with Crippen molar-refractivity contribution in [2.24, 2.45) is 0 Å². The maximum Gasteiger partial charge on any atom is 0.323 e. The van der Waals surface area contributed by atoms with Crippen molar-refractivity contribution < 1.29 is 27.9 Å². The summed E-state index contributed by atoms with van der Waals surface area (Å²) < 4.78 is 28.3. The van der Waals surface area contributed by atoms with Gasteiger partial charge in [-0.3, -0.25) is 9.59 Å². The van der Waals surface area contributed by atoms with E-state index in [1.54, 1.807) is 6.92 Å². The zero-order valence-electron chi connectivity index (χ0n) is 9.34. The number of carboxylic acids is 1. The Morgan fingerprint density at radius 3 is 2.31 bits per heavy atom. The van der Waals surface area contributed by atoms with E-state index in [0.29, 0.717) is 4.31 Å². The van der Waals surface area contributed by atoms with E-state index in [1.807, 2.05) is 0 Å². The molecule has 0 aromatic heterocycles. The number of carbonyl (C=O) groups is 2. The first-order valence-corrected chi connectivity index (χ1v) is 6.07. The van der Waals surface area contributed by atoms with Crippen LogP contribution in [0.1, 0.15) is 13.8 Å². The molecule has 0 aromatic carbocycles. The van der Waals surface area contributed by atoms with Crippen LogP contribution in [-0.4, -0.2) is 55.2 Å². The quantitative estimate of drug-likeness (QED) is 0.627. The number of aliphatic carboxylic acids is 1. The summed E-state index contributed by atoms with van der Waals surface area (Å²) in [4.78, 5) is 21.6. The molecule has 0 saturated carbocycles. The van der Waals surface area contributed by atoms with Gasteiger partial charge in [0.25, 0.3) is 0 Å². The molecule has 0 radical (unpaired) electrons. The number of esters is 1. The van der Waals surface area contributed by atoms with Crippen LogP contribution >= 0.6 is 0 Å². The van der Waals surface area contributed by atoms with Crippen LogP contribution in [0.2, 0.25) is 0 Å². The van der Waals surface area contributed by atoms with E-state index in [0.717, 1.165) is 14.0 Å². The average molecular weight is 253 g/mol. The van der Waals surface area contributed by atoms with Crippen LogP contribution in [0, 0.1) is 0 Å². The Morgan fingerprint density at radius 1 is 1.44 bits per heavy atom. The Labute approximate surface area is 94.0 Å². The summed E-state index contributed by atoms with van der Waals surface area (Å²) in [6, 6.07) is 0. The van der Waals surface area contributed by atoms with Crippen LogP contribution in [0.15, 0.2) is 0 Å². The SMILES string of the molecule is CCOC(=O)CN(C)S(=O)(=O)C(C)C(=O)O. The van der Waals surface area contributed by atoms with Gasteiger partial charge in [0.1, 0.15) is 6.54 Å². The molecule has 0 fully saturated rings. The molecule has 0 aliphatic carbocycles. The number of hydrogen-bond acceptors (Lipinski definition) is 5. The third-order valence-electron chi connectivity index (χ3n) is 1.89. The number of sulfonamides is 1. The summed E-state index contributed by atoms with van der Waals surface area (Å²) in [6.07, 6.45) is 0. The Bertz CT molecular complexity index is 363. The summed E-state index contributed by atoms with van der Waals surface area (Å²) in [6.45, 7) is 2.28. The first kappa shape index (κ1) is 14.8. The largest absolute Gasteiger partial charge is 0.480 e. The van der Waals surface area contributed by atoms with Crippen molar-refractivity contribution in [2.45, 2.75) is 19.1 Å². The standard InChI is InChI=1S/C8H15NO6S/c1-4-15-7(10)5-9(3)16(13,14)6(2)8(11)12/h6H,4-5H2,1-3H3,(H,11,12). The highest BCUT2D eigenvalue weighted by Crippen LogP contribution is 2.07. The highest BCUT2D eigenvalue weighted by molar-refractivity contribution is 7.90. The van der Waals surface area contributed by atoms with Crippen molar-refractivity contribution in [3.8, 4) is 0 Å². The van der Waals surface area contributed by atoms with Gasteiger partial charge in [-0.15, -0.1) is 0 Å². The lowest BCUT2D eigenvalue weighted by Gasteiger charge is -2.18. The van der Waals surface area contributed by atoms with E-state index in [9.17, 15) is 18.0 Å². The molecule has 0 aliphatic rings. The van der Waals surface area contributed by atoms with E-state index in [-0.39, 0.29) is 6.61 Å². The number of ether oxygens (including phenoxy) is 1. The molecule has 0 rings (SSSR count). The van der Waals surface area contributed by atoms with Crippen molar-refractivity contribution in [1.82, 2.24) is 4.31 Å². The van der Waals surface area contributed by atoms with Gasteiger partial charge in [0, 0.05) is 7.05 Å². The number of likely N-dealkylation sites (N-methyl/N-ethyl adjacent to an activating group) is 1. The summed E-state index contributed by atoms with van der Waals surface area (Å²) in [5.41, 5.74) is 0. The second kappa shape index (κ2) is 5.80. The molecule has 94 valence electrons. The monoisotopic (exact) mass is 253 g/mol. The second-order valence-electron chi connectivity index (χ2n) is 3.09. The smallest absolute Gasteiger partial charge is 0.323 e. The first-order chi connectivity index (χ1) is 7.23. The molecule has 7 nitrogen and oxygen atoms in total. The van der Waals surface area contributed by atoms with Gasteiger partial charge in [0.15, 0.2) is 5.25 Å². The third-order valence-corrected chi connectivity index (χ3v) is 3.98. The minimum atomic E-state index is -4.02. The van der Waals surface area contributed by atoms with Crippen LogP contribution in [0.4, 0.5) is 0 Å². The Morgan fingerprint density at radius 2 is 1.94 bits per heavy atom. The van der Waals surface area contributed by atoms with Crippen molar-refractivity contribution in [3.63, 3.8) is 0 Å². The molecular weight excluding hydrogens is 238 g/mol. The maximum atomic E-state index is 11.5. The molecule has 0 saturated heterocycles. The predicted octanol–water partition coefficient (Wildman–Crippen LogP) is -0.716. The zero-order valence-corrected chi connectivity index (χ0v) is 10.2. The summed E-state index contributed by atoms with van der Waals surface area (Å²) in [5.74, 6) is -2.18. The molecule has 16 heavy (non-hydrogen) atoms. The van der Waals surface area contributed by atoms with Gasteiger partial charge >= 0.3 is 11.9 Å². The van der Waals surface area contributed by atoms with Crippen LogP contribution in [0.25, 0.3) is 0 Å². The molecule has 0 heterocycles. The van der Waals surface area contributed by atoms with Gasteiger partial charge < -0.3 is 9.84 Å². The number of hydrogen-bond donors (Lipinski definition) is 1. The second-order valence-corrected chi connectivity index (χ2v) is 5.45. The Balaban J connectivity index is 4.65. The highest BCUT2D eigenvalue weighted by Gasteiger charge is 2.32. The first-order valence-electron chi connectivity index (χ1n) is 4.57. The zero-order chi connectivity index (χ0) is 12.9. The van der Waals surface area contributed by atoms with Crippen LogP contribution in [0.3, 0.4) is 0 Å². The van der Waals surface area contributed by atoms with Crippen molar-refractivity contribution >= 4 is 22.0 Å². The van der Waals surface area contributed by atoms with E-state index < -0.39 is 33.8 Å². The number of rotatable bonds is 6. The van der Waals surface area contributed by atoms with Crippen LogP contribution < -0.4 is 0 Å². The fourth-order valence-electron chi connectivity index (χ4n) is 0.876. The van der Waals surface area contributed by atoms with Gasteiger partial charge in [-0.05, 0) is 13.8 Å². The summed E-state index contributed by atoms with van der Waals surface area (Å²) in [7, 11) is -2.89. The highest BCUT2D eigenvalue weighted by atomic mass is 32.2. The van der Waals surface area contributed by atoms with Gasteiger partial charge in [-0.2, -0.15) is 4.31 Å². The Hall–Kier alpha value is -1.15. The van der Waals surface area contributed by atoms with Gasteiger partial charge in [0.2, 0.25) is 10.0 Å². The minimum absolute atomic E-state index is 0.140. The van der Waals surface area contributed by atoms with Crippen molar-refractivity contribution in [3.05, 3.63) is 0 Å². The lowest BCUT2D eigenvalue weighted by molar-refractivity contribution is -0.143. The fraction of sp³-hybridized carbons (Fsp3) is 0.750. The normalized spacial score (nSPS) is 13.5. The molecule has 0 aliphatic heterocycles. The molecule has 0 bridgehead atoms. The van der Waals surface area contributed by atoms with Crippen LogP contribution in [0.5, 0.6) is 0 Å². The number of carbonyl (C=O) groups excluding carboxylic acids is 1. The van der Waals surface area contributed by atoms with Gasteiger partial charge in [0.05, 0.1) is 6.61 Å². The van der Waals surface area contributed by atoms with Crippen LogP contribution in [-0.2, 0) is 24.3 Å². The molecular formula is C8H15NO6S. The van der Waals surface area contributed by atoms with Gasteiger partial charge in [-0.1, -0.05) is 0 Å². The van der Waals surface area contributed by atoms with E-state index in [4.69, 9.17) is 5.11 Å². The molecule has 0 aromatic rings. The molecule has 1 unspecified atom stereocenters. The van der Waals surface area contributed by atoms with E-state index in [1.165, 1.54) is 0 Å². The Kier molecular flexibility index (Phi) is 5.39. The van der Waals surface area contributed by atoms with Gasteiger partial charge in [-0.25, -0.2) is 8.42 Å². The predicted molar refractivity (Wildman–Crippen MR) is 55.3 cm³/mol. The van der Waals surface area contributed by atoms with E-state index >= 15 is 0 Å². The maximum absolute atomic E-state index is 11.5. The number of carboxylic acid groups (broad SMARTS) is 1. The third kappa shape index (κ3) is 3.78. The average Bonchev–Trinajstić information content (AvgIpc) is 2.16. The molecule has 1 atom stereocenters. The molecule has 8 heteroatoms. The lowest BCUT2D eigenvalue weighted by Crippen LogP contribution is -2.41. The molecule has 1 N–H and O–H groups in total. The summed E-state index contributed by atoms with van der Waals surface area (Å²) in [5, 5.41) is 6.99. The summed E-state index contributed by atoms with van der Waals surface area (Å²) >= 11 is 0. The number of nitrogens with zero attached hydrogens (tertiary/aromatic N) is 1. The minimum Gasteiger partial charge on any atom is -0.480 e. The van der Waals surface area contributed by atoms with Crippen molar-refractivity contribution in [1.29, 1.82) is 0 Å². The van der Waals surface area contributed by atoms with E-state index in [2.05, 4.69) is 4.74 Å². The van der Waals surface area contributed by atoms with Crippen molar-refractivity contribution in [2.75, 3.05) is 20.2 Å². The molecule has 0 amide bonds. The lowest BCUT2D eigenvalue weighted by atomic mass is 10.5. The fourth-order valence-corrected chi connectivity index (χ4v) is 1.96. The topological polar surface area (TPSA) is 101 Å².